The lowest BCUT2D eigenvalue weighted by atomic mass is 10.1. The first-order chi connectivity index (χ1) is 10.2. The molecule has 0 amide bonds. The van der Waals surface area contributed by atoms with Crippen LogP contribution in [0.4, 0.5) is 0 Å². The maximum Gasteiger partial charge on any atom is 0.0991 e. The summed E-state index contributed by atoms with van der Waals surface area (Å²) >= 11 is 0. The molecule has 1 heterocycles. The quantitative estimate of drug-likeness (QED) is 0.815. The molecule has 21 heavy (non-hydrogen) atoms. The van der Waals surface area contributed by atoms with Crippen molar-refractivity contribution in [2.45, 2.75) is 39.0 Å². The number of rotatable bonds is 6. The zero-order chi connectivity index (χ0) is 15.1. The van der Waals surface area contributed by atoms with Crippen molar-refractivity contribution in [2.24, 2.45) is 0 Å². The van der Waals surface area contributed by atoms with E-state index in [9.17, 15) is 0 Å². The van der Waals surface area contributed by atoms with Gasteiger partial charge in [-0.3, -0.25) is 4.90 Å². The Morgan fingerprint density at radius 2 is 1.90 bits per heavy atom. The summed E-state index contributed by atoms with van der Waals surface area (Å²) in [5.74, 6) is 0. The van der Waals surface area contributed by atoms with Crippen molar-refractivity contribution in [3.63, 3.8) is 0 Å². The molecule has 0 bridgehead atoms. The van der Waals surface area contributed by atoms with Crippen molar-refractivity contribution < 1.29 is 4.74 Å². The summed E-state index contributed by atoms with van der Waals surface area (Å²) in [7, 11) is 0. The van der Waals surface area contributed by atoms with Gasteiger partial charge in [0.25, 0.3) is 0 Å². The second-order valence-corrected chi connectivity index (χ2v) is 5.86. The lowest BCUT2D eigenvalue weighted by molar-refractivity contribution is -0.0680. The highest BCUT2D eigenvalue weighted by Crippen LogP contribution is 2.10. The minimum atomic E-state index is 0.348. The smallest absolute Gasteiger partial charge is 0.0991 e. The molecular weight excluding hydrogens is 262 g/mol. The van der Waals surface area contributed by atoms with E-state index in [1.165, 1.54) is 5.56 Å². The Morgan fingerprint density at radius 3 is 2.52 bits per heavy atom. The van der Waals surface area contributed by atoms with Gasteiger partial charge in [-0.1, -0.05) is 12.1 Å². The van der Waals surface area contributed by atoms with Crippen LogP contribution < -0.4 is 5.32 Å². The van der Waals surface area contributed by atoms with Crippen molar-refractivity contribution >= 4 is 0 Å². The normalized spacial score (nSPS) is 22.9. The monoisotopic (exact) mass is 287 g/mol. The summed E-state index contributed by atoms with van der Waals surface area (Å²) in [6.45, 7) is 9.37. The van der Waals surface area contributed by atoms with E-state index in [0.29, 0.717) is 17.8 Å². The molecular formula is C17H25N3O. The molecule has 4 heteroatoms. The molecule has 1 aliphatic heterocycles. The minimum Gasteiger partial charge on any atom is -0.373 e. The van der Waals surface area contributed by atoms with Crippen molar-refractivity contribution in [3.8, 4) is 6.07 Å². The molecule has 2 atom stereocenters. The lowest BCUT2D eigenvalue weighted by Crippen LogP contribution is -2.46. The fourth-order valence-corrected chi connectivity index (χ4v) is 2.82. The molecule has 1 aromatic rings. The molecule has 1 aliphatic rings. The molecule has 0 radical (unpaired) electrons. The topological polar surface area (TPSA) is 48.3 Å². The van der Waals surface area contributed by atoms with Gasteiger partial charge in [-0.2, -0.15) is 5.26 Å². The third kappa shape index (κ3) is 5.47. The molecule has 0 aliphatic carbocycles. The third-order valence-corrected chi connectivity index (χ3v) is 3.74. The van der Waals surface area contributed by atoms with E-state index in [0.717, 1.165) is 39.1 Å². The molecule has 1 aromatic carbocycles. The number of nitriles is 1. The number of benzene rings is 1. The molecule has 2 unspecified atom stereocenters. The molecule has 114 valence electrons. The van der Waals surface area contributed by atoms with Crippen LogP contribution in [0.5, 0.6) is 0 Å². The van der Waals surface area contributed by atoms with Gasteiger partial charge in [-0.25, -0.2) is 0 Å². The van der Waals surface area contributed by atoms with Gasteiger partial charge in [0.15, 0.2) is 0 Å². The van der Waals surface area contributed by atoms with Crippen LogP contribution in [0.2, 0.25) is 0 Å². The average Bonchev–Trinajstić information content (AvgIpc) is 2.46. The maximum absolute atomic E-state index is 8.76. The molecule has 0 spiro atoms. The Hall–Kier alpha value is -1.41. The zero-order valence-electron chi connectivity index (χ0n) is 13.0. The largest absolute Gasteiger partial charge is 0.373 e. The number of ether oxygens (including phenoxy) is 1. The van der Waals surface area contributed by atoms with E-state index in [4.69, 9.17) is 10.00 Å². The molecule has 1 fully saturated rings. The predicted molar refractivity (Wildman–Crippen MR) is 83.9 cm³/mol. The van der Waals surface area contributed by atoms with Gasteiger partial charge in [-0.05, 0) is 51.1 Å². The first-order valence-corrected chi connectivity index (χ1v) is 7.75. The number of nitrogens with one attached hydrogen (secondary N) is 1. The third-order valence-electron chi connectivity index (χ3n) is 3.74. The SMILES string of the molecule is CC1CN(CCCNCc2ccc(C#N)cc2)CC(C)O1. The van der Waals surface area contributed by atoms with Crippen molar-refractivity contribution in [1.82, 2.24) is 10.2 Å². The second kappa shape index (κ2) is 8.14. The predicted octanol–water partition coefficient (Wildman–Crippen LogP) is 2.15. The van der Waals surface area contributed by atoms with Crippen LogP contribution in [0, 0.1) is 11.3 Å². The standard InChI is InChI=1S/C17H25N3O/c1-14-12-20(13-15(2)21-14)9-3-8-19-11-17-6-4-16(10-18)5-7-17/h4-7,14-15,19H,3,8-9,11-13H2,1-2H3. The van der Waals surface area contributed by atoms with E-state index in [2.05, 4.69) is 30.1 Å². The van der Waals surface area contributed by atoms with Crippen LogP contribution in [-0.2, 0) is 11.3 Å². The van der Waals surface area contributed by atoms with Crippen LogP contribution in [-0.4, -0.2) is 43.3 Å². The van der Waals surface area contributed by atoms with Crippen molar-refractivity contribution in [1.29, 1.82) is 5.26 Å². The highest BCUT2D eigenvalue weighted by atomic mass is 16.5. The Labute approximate surface area is 127 Å². The van der Waals surface area contributed by atoms with Crippen LogP contribution in [0.3, 0.4) is 0 Å². The van der Waals surface area contributed by atoms with E-state index in [-0.39, 0.29) is 0 Å². The van der Waals surface area contributed by atoms with Crippen LogP contribution in [0.25, 0.3) is 0 Å². The Morgan fingerprint density at radius 1 is 1.24 bits per heavy atom. The summed E-state index contributed by atoms with van der Waals surface area (Å²) in [6.07, 6.45) is 1.84. The molecule has 1 N–H and O–H groups in total. The number of morpholine rings is 1. The van der Waals surface area contributed by atoms with Crippen molar-refractivity contribution in [3.05, 3.63) is 35.4 Å². The minimum absolute atomic E-state index is 0.348. The maximum atomic E-state index is 8.76. The Bertz CT molecular complexity index is 456. The molecule has 0 saturated carbocycles. The fraction of sp³-hybridized carbons (Fsp3) is 0.588. The average molecular weight is 287 g/mol. The van der Waals surface area contributed by atoms with Gasteiger partial charge in [0.05, 0.1) is 23.8 Å². The van der Waals surface area contributed by atoms with Crippen LogP contribution in [0.15, 0.2) is 24.3 Å². The Kier molecular flexibility index (Phi) is 6.19. The van der Waals surface area contributed by atoms with Gasteiger partial charge in [0, 0.05) is 19.6 Å². The summed E-state index contributed by atoms with van der Waals surface area (Å²) in [5, 5.41) is 12.2. The molecule has 1 saturated heterocycles. The summed E-state index contributed by atoms with van der Waals surface area (Å²) in [4.78, 5) is 2.49. The van der Waals surface area contributed by atoms with E-state index < -0.39 is 0 Å². The molecule has 4 nitrogen and oxygen atoms in total. The van der Waals surface area contributed by atoms with Crippen LogP contribution in [0.1, 0.15) is 31.4 Å². The second-order valence-electron chi connectivity index (χ2n) is 5.86. The highest BCUT2D eigenvalue weighted by Gasteiger charge is 2.21. The van der Waals surface area contributed by atoms with Gasteiger partial charge < -0.3 is 10.1 Å². The Balaban J connectivity index is 1.60. The molecule has 0 aromatic heterocycles. The highest BCUT2D eigenvalue weighted by molar-refractivity contribution is 5.31. The molecule has 2 rings (SSSR count). The van der Waals surface area contributed by atoms with Gasteiger partial charge >= 0.3 is 0 Å². The summed E-state index contributed by atoms with van der Waals surface area (Å²) in [6, 6.07) is 9.90. The first-order valence-electron chi connectivity index (χ1n) is 7.75. The summed E-state index contributed by atoms with van der Waals surface area (Å²) in [5.41, 5.74) is 1.94. The fourth-order valence-electron chi connectivity index (χ4n) is 2.82. The lowest BCUT2D eigenvalue weighted by Gasteiger charge is -2.35. The van der Waals surface area contributed by atoms with Gasteiger partial charge in [-0.15, -0.1) is 0 Å². The number of hydrogen-bond acceptors (Lipinski definition) is 4. The number of nitrogens with zero attached hydrogens (tertiary/aromatic N) is 2. The zero-order valence-corrected chi connectivity index (χ0v) is 13.0. The van der Waals surface area contributed by atoms with E-state index in [1.54, 1.807) is 0 Å². The van der Waals surface area contributed by atoms with Gasteiger partial charge in [0.1, 0.15) is 0 Å². The summed E-state index contributed by atoms with van der Waals surface area (Å²) < 4.78 is 5.74. The first kappa shape index (κ1) is 16.0. The van der Waals surface area contributed by atoms with E-state index in [1.807, 2.05) is 24.3 Å². The van der Waals surface area contributed by atoms with Crippen molar-refractivity contribution in [2.75, 3.05) is 26.2 Å². The van der Waals surface area contributed by atoms with Crippen LogP contribution >= 0.6 is 0 Å². The van der Waals surface area contributed by atoms with E-state index >= 15 is 0 Å². The van der Waals surface area contributed by atoms with Gasteiger partial charge in [0.2, 0.25) is 0 Å². The number of hydrogen-bond donors (Lipinski definition) is 1.